The lowest BCUT2D eigenvalue weighted by Gasteiger charge is -2.04. The van der Waals surface area contributed by atoms with Crippen molar-refractivity contribution in [3.8, 4) is 0 Å². The van der Waals surface area contributed by atoms with E-state index in [2.05, 4.69) is 13.8 Å². The van der Waals surface area contributed by atoms with Gasteiger partial charge in [-0.05, 0) is 12.8 Å². The van der Waals surface area contributed by atoms with Gasteiger partial charge in [0.25, 0.3) is 0 Å². The number of hydrogen-bond acceptors (Lipinski definition) is 0. The van der Waals surface area contributed by atoms with E-state index < -0.39 is 0 Å². The molecule has 0 aromatic carbocycles. The summed E-state index contributed by atoms with van der Waals surface area (Å²) in [6, 6.07) is 0. The average molecular weight is 159 g/mol. The second-order valence-corrected chi connectivity index (χ2v) is 3.55. The van der Waals surface area contributed by atoms with Gasteiger partial charge in [-0.1, -0.05) is 52.2 Å². The van der Waals surface area contributed by atoms with Crippen LogP contribution < -0.4 is 0 Å². The fourth-order valence-electron chi connectivity index (χ4n) is 1.00. The molecule has 0 amide bonds. The van der Waals surface area contributed by atoms with Crippen molar-refractivity contribution < 1.29 is 0 Å². The SMILES string of the molecule is CCCCCCC([S])CC. The molecule has 0 spiro atoms. The third-order valence-corrected chi connectivity index (χ3v) is 2.40. The van der Waals surface area contributed by atoms with E-state index >= 15 is 0 Å². The Labute approximate surface area is 70.8 Å². The van der Waals surface area contributed by atoms with Gasteiger partial charge in [0.15, 0.2) is 0 Å². The molecule has 0 aliphatic rings. The molecule has 1 unspecified atom stereocenters. The Morgan fingerprint density at radius 1 is 1.10 bits per heavy atom. The maximum Gasteiger partial charge on any atom is 0.0149 e. The van der Waals surface area contributed by atoms with Crippen molar-refractivity contribution in [1.82, 2.24) is 0 Å². The van der Waals surface area contributed by atoms with Gasteiger partial charge in [0, 0.05) is 5.25 Å². The molecule has 0 heterocycles. The van der Waals surface area contributed by atoms with Gasteiger partial charge in [0.05, 0.1) is 0 Å². The highest BCUT2D eigenvalue weighted by Crippen LogP contribution is 2.11. The van der Waals surface area contributed by atoms with Crippen LogP contribution in [0.15, 0.2) is 0 Å². The smallest absolute Gasteiger partial charge is 0.0149 e. The first-order valence-electron chi connectivity index (χ1n) is 4.47. The fourth-order valence-corrected chi connectivity index (χ4v) is 1.17. The van der Waals surface area contributed by atoms with E-state index in [4.69, 9.17) is 12.6 Å². The van der Waals surface area contributed by atoms with Gasteiger partial charge < -0.3 is 0 Å². The molecule has 0 rings (SSSR count). The number of hydrogen-bond donors (Lipinski definition) is 0. The zero-order valence-corrected chi connectivity index (χ0v) is 8.04. The van der Waals surface area contributed by atoms with Gasteiger partial charge in [0.1, 0.15) is 0 Å². The average Bonchev–Trinajstić information content (AvgIpc) is 1.98. The zero-order valence-electron chi connectivity index (χ0n) is 7.23. The van der Waals surface area contributed by atoms with Crippen LogP contribution in [-0.2, 0) is 0 Å². The molecular formula is C9H19S. The summed E-state index contributed by atoms with van der Waals surface area (Å²) in [6.07, 6.45) is 7.85. The van der Waals surface area contributed by atoms with E-state index in [0.717, 1.165) is 0 Å². The molecule has 61 valence electrons. The maximum atomic E-state index is 5.19. The summed E-state index contributed by atoms with van der Waals surface area (Å²) in [6.45, 7) is 4.42. The first-order chi connectivity index (χ1) is 4.81. The highest BCUT2D eigenvalue weighted by molar-refractivity contribution is 7.80. The molecular weight excluding hydrogens is 140 g/mol. The fraction of sp³-hybridized carbons (Fsp3) is 1.00. The lowest BCUT2D eigenvalue weighted by molar-refractivity contribution is 0.612. The quantitative estimate of drug-likeness (QED) is 0.515. The van der Waals surface area contributed by atoms with Crippen LogP contribution in [0.5, 0.6) is 0 Å². The van der Waals surface area contributed by atoms with E-state index in [1.807, 2.05) is 0 Å². The first kappa shape index (κ1) is 10.3. The lowest BCUT2D eigenvalue weighted by Crippen LogP contribution is -1.94. The monoisotopic (exact) mass is 159 g/mol. The minimum Gasteiger partial charge on any atom is -0.0905 e. The molecule has 0 aliphatic carbocycles. The number of rotatable bonds is 6. The van der Waals surface area contributed by atoms with Crippen molar-refractivity contribution in [3.05, 3.63) is 0 Å². The van der Waals surface area contributed by atoms with E-state index in [1.54, 1.807) is 0 Å². The van der Waals surface area contributed by atoms with E-state index in [-0.39, 0.29) is 0 Å². The van der Waals surface area contributed by atoms with Crippen LogP contribution in [0.2, 0.25) is 0 Å². The van der Waals surface area contributed by atoms with Gasteiger partial charge in [-0.25, -0.2) is 0 Å². The Hall–Kier alpha value is 0.350. The van der Waals surface area contributed by atoms with Crippen molar-refractivity contribution in [2.75, 3.05) is 0 Å². The summed E-state index contributed by atoms with van der Waals surface area (Å²) in [5.74, 6) is 0. The second kappa shape index (κ2) is 7.46. The molecule has 0 fully saturated rings. The summed E-state index contributed by atoms with van der Waals surface area (Å²) in [7, 11) is 0. The summed E-state index contributed by atoms with van der Waals surface area (Å²) in [4.78, 5) is 0. The van der Waals surface area contributed by atoms with Crippen molar-refractivity contribution in [1.29, 1.82) is 0 Å². The Kier molecular flexibility index (Phi) is 7.72. The predicted octanol–water partition coefficient (Wildman–Crippen LogP) is 3.93. The normalized spacial score (nSPS) is 13.5. The van der Waals surface area contributed by atoms with Crippen molar-refractivity contribution in [2.45, 2.75) is 57.6 Å². The molecule has 0 saturated heterocycles. The molecule has 1 radical (unpaired) electrons. The summed E-state index contributed by atoms with van der Waals surface area (Å²) < 4.78 is 0. The predicted molar refractivity (Wildman–Crippen MR) is 50.4 cm³/mol. The van der Waals surface area contributed by atoms with E-state index in [9.17, 15) is 0 Å². The molecule has 0 nitrogen and oxygen atoms in total. The van der Waals surface area contributed by atoms with Crippen LogP contribution in [0.4, 0.5) is 0 Å². The molecule has 0 bridgehead atoms. The number of unbranched alkanes of at least 4 members (excludes halogenated alkanes) is 3. The van der Waals surface area contributed by atoms with Crippen LogP contribution in [0.3, 0.4) is 0 Å². The molecule has 0 aromatic rings. The zero-order chi connectivity index (χ0) is 7.82. The van der Waals surface area contributed by atoms with Crippen LogP contribution in [0.25, 0.3) is 0 Å². The third-order valence-electron chi connectivity index (χ3n) is 1.83. The maximum absolute atomic E-state index is 5.19. The highest BCUT2D eigenvalue weighted by atomic mass is 32.1. The van der Waals surface area contributed by atoms with Gasteiger partial charge in [-0.15, -0.1) is 0 Å². The van der Waals surface area contributed by atoms with Crippen LogP contribution in [0.1, 0.15) is 52.4 Å². The standard InChI is InChI=1S/C9H19S/c1-3-5-6-7-8-9(10)4-2/h9H,3-8H2,1-2H3. The van der Waals surface area contributed by atoms with Crippen molar-refractivity contribution in [3.63, 3.8) is 0 Å². The summed E-state index contributed by atoms with van der Waals surface area (Å²) >= 11 is 5.19. The second-order valence-electron chi connectivity index (χ2n) is 2.88. The van der Waals surface area contributed by atoms with E-state index in [0.29, 0.717) is 5.25 Å². The molecule has 1 heteroatoms. The van der Waals surface area contributed by atoms with E-state index in [1.165, 1.54) is 38.5 Å². The van der Waals surface area contributed by atoms with Gasteiger partial charge in [-0.3, -0.25) is 0 Å². The Bertz CT molecular complexity index is 61.7. The Morgan fingerprint density at radius 3 is 2.30 bits per heavy atom. The molecule has 1 atom stereocenters. The molecule has 10 heavy (non-hydrogen) atoms. The lowest BCUT2D eigenvalue weighted by atomic mass is 10.1. The summed E-state index contributed by atoms with van der Waals surface area (Å²) in [5, 5.41) is 0.539. The topological polar surface area (TPSA) is 0 Å². The van der Waals surface area contributed by atoms with Gasteiger partial charge in [-0.2, -0.15) is 0 Å². The molecule has 0 aliphatic heterocycles. The molecule has 0 saturated carbocycles. The molecule has 0 aromatic heterocycles. The molecule has 0 N–H and O–H groups in total. The van der Waals surface area contributed by atoms with Crippen LogP contribution in [-0.4, -0.2) is 5.25 Å². The van der Waals surface area contributed by atoms with Crippen molar-refractivity contribution >= 4 is 12.6 Å². The van der Waals surface area contributed by atoms with Gasteiger partial charge >= 0.3 is 0 Å². The highest BCUT2D eigenvalue weighted by Gasteiger charge is 1.98. The van der Waals surface area contributed by atoms with Crippen LogP contribution in [0, 0.1) is 0 Å². The van der Waals surface area contributed by atoms with Gasteiger partial charge in [0.2, 0.25) is 0 Å². The first-order valence-corrected chi connectivity index (χ1v) is 4.94. The third kappa shape index (κ3) is 6.47. The van der Waals surface area contributed by atoms with Crippen molar-refractivity contribution in [2.24, 2.45) is 0 Å². The Balaban J connectivity index is 2.89. The Morgan fingerprint density at radius 2 is 1.80 bits per heavy atom. The van der Waals surface area contributed by atoms with Crippen LogP contribution >= 0.6 is 12.6 Å². The largest absolute Gasteiger partial charge is 0.0905 e. The summed E-state index contributed by atoms with van der Waals surface area (Å²) in [5.41, 5.74) is 0. The minimum atomic E-state index is 0.539. The minimum absolute atomic E-state index is 0.539.